The zero-order chi connectivity index (χ0) is 15.0. The Bertz CT molecular complexity index is 503. The Labute approximate surface area is 120 Å². The zero-order valence-corrected chi connectivity index (χ0v) is 12.6. The van der Waals surface area contributed by atoms with E-state index in [1.807, 2.05) is 38.1 Å². The molecule has 2 rings (SSSR count). The Hall–Kier alpha value is -1.55. The molecule has 0 aromatic heterocycles. The monoisotopic (exact) mass is 277 g/mol. The number of hydrogen-bond donors (Lipinski definition) is 2. The van der Waals surface area contributed by atoms with Crippen molar-refractivity contribution in [2.24, 2.45) is 5.92 Å². The molecule has 1 heterocycles. The van der Waals surface area contributed by atoms with Crippen LogP contribution in [0, 0.1) is 5.92 Å². The van der Waals surface area contributed by atoms with Crippen LogP contribution in [0.2, 0.25) is 0 Å². The Morgan fingerprint density at radius 3 is 2.60 bits per heavy atom. The lowest BCUT2D eigenvalue weighted by Crippen LogP contribution is -2.59. The van der Waals surface area contributed by atoms with E-state index in [4.69, 9.17) is 4.74 Å². The molecule has 1 aromatic carbocycles. The highest BCUT2D eigenvalue weighted by Gasteiger charge is 2.38. The number of para-hydroxylation sites is 1. The molecule has 1 aromatic rings. The van der Waals surface area contributed by atoms with Crippen LogP contribution in [0.1, 0.15) is 33.3 Å². The minimum atomic E-state index is -0.990. The number of aliphatic hydroxyl groups is 1. The summed E-state index contributed by atoms with van der Waals surface area (Å²) in [5, 5.41) is 13.0. The lowest BCUT2D eigenvalue weighted by Gasteiger charge is -2.39. The minimum absolute atomic E-state index is 0.0772. The highest BCUT2D eigenvalue weighted by Crippen LogP contribution is 2.28. The standard InChI is InChI=1S/C16H23NO3/c1-15(2,16(3,4)19)17-14(18)12-9-11-7-5-6-8-13(11)20-10-12/h5-8,12,19H,9-10H2,1-4H3,(H,17,18). The lowest BCUT2D eigenvalue weighted by atomic mass is 9.85. The van der Waals surface area contributed by atoms with Crippen molar-refractivity contribution in [2.45, 2.75) is 45.3 Å². The van der Waals surface area contributed by atoms with Gasteiger partial charge in [-0.25, -0.2) is 0 Å². The van der Waals surface area contributed by atoms with Crippen LogP contribution in [-0.2, 0) is 11.2 Å². The van der Waals surface area contributed by atoms with Crippen molar-refractivity contribution in [3.05, 3.63) is 29.8 Å². The molecule has 0 aliphatic carbocycles. The van der Waals surface area contributed by atoms with Gasteiger partial charge in [0.15, 0.2) is 0 Å². The topological polar surface area (TPSA) is 58.6 Å². The van der Waals surface area contributed by atoms with Gasteiger partial charge in [0, 0.05) is 0 Å². The quantitative estimate of drug-likeness (QED) is 0.887. The molecule has 1 atom stereocenters. The maximum Gasteiger partial charge on any atom is 0.227 e. The molecule has 0 radical (unpaired) electrons. The van der Waals surface area contributed by atoms with E-state index < -0.39 is 11.1 Å². The second-order valence-electron chi connectivity index (χ2n) is 6.49. The number of hydrogen-bond acceptors (Lipinski definition) is 3. The lowest BCUT2D eigenvalue weighted by molar-refractivity contribution is -0.131. The number of rotatable bonds is 3. The van der Waals surface area contributed by atoms with Crippen LogP contribution < -0.4 is 10.1 Å². The Kier molecular flexibility index (Phi) is 3.78. The molecule has 1 aliphatic rings. The van der Waals surface area contributed by atoms with Crippen molar-refractivity contribution in [2.75, 3.05) is 6.61 Å². The molecule has 1 amide bonds. The number of fused-ring (bicyclic) bond motifs is 1. The van der Waals surface area contributed by atoms with Crippen LogP contribution in [0.5, 0.6) is 5.75 Å². The van der Waals surface area contributed by atoms with E-state index in [1.54, 1.807) is 13.8 Å². The highest BCUT2D eigenvalue weighted by atomic mass is 16.5. The predicted octanol–water partition coefficient (Wildman–Crippen LogP) is 1.90. The van der Waals surface area contributed by atoms with Gasteiger partial charge in [0.2, 0.25) is 5.91 Å². The van der Waals surface area contributed by atoms with Gasteiger partial charge in [0.25, 0.3) is 0 Å². The number of carbonyl (C=O) groups is 1. The van der Waals surface area contributed by atoms with E-state index in [9.17, 15) is 9.90 Å². The third kappa shape index (κ3) is 2.96. The fourth-order valence-electron chi connectivity index (χ4n) is 2.06. The Morgan fingerprint density at radius 2 is 1.95 bits per heavy atom. The largest absolute Gasteiger partial charge is 0.492 e. The van der Waals surface area contributed by atoms with Crippen LogP contribution in [0.25, 0.3) is 0 Å². The summed E-state index contributed by atoms with van der Waals surface area (Å²) in [7, 11) is 0. The first-order valence-electron chi connectivity index (χ1n) is 6.96. The molecule has 4 nitrogen and oxygen atoms in total. The van der Waals surface area contributed by atoms with Gasteiger partial charge < -0.3 is 15.2 Å². The van der Waals surface area contributed by atoms with Crippen molar-refractivity contribution in [1.29, 1.82) is 0 Å². The summed E-state index contributed by atoms with van der Waals surface area (Å²) in [6.45, 7) is 7.41. The molecule has 0 spiro atoms. The van der Waals surface area contributed by atoms with Gasteiger partial charge >= 0.3 is 0 Å². The van der Waals surface area contributed by atoms with Crippen LogP contribution >= 0.6 is 0 Å². The molecule has 0 bridgehead atoms. The van der Waals surface area contributed by atoms with Crippen LogP contribution in [0.15, 0.2) is 24.3 Å². The first kappa shape index (κ1) is 14.9. The van der Waals surface area contributed by atoms with Crippen molar-refractivity contribution in [1.82, 2.24) is 5.32 Å². The molecule has 20 heavy (non-hydrogen) atoms. The summed E-state index contributed by atoms with van der Waals surface area (Å²) in [5.74, 6) is 0.566. The summed E-state index contributed by atoms with van der Waals surface area (Å²) in [6.07, 6.45) is 0.671. The Balaban J connectivity index is 2.06. The summed E-state index contributed by atoms with van der Waals surface area (Å²) in [4.78, 5) is 12.4. The first-order valence-corrected chi connectivity index (χ1v) is 6.96. The second kappa shape index (κ2) is 5.09. The van der Waals surface area contributed by atoms with Crippen LogP contribution in [0.3, 0.4) is 0 Å². The number of carbonyl (C=O) groups excluding carboxylic acids is 1. The summed E-state index contributed by atoms with van der Waals surface area (Å²) < 4.78 is 5.63. The van der Waals surface area contributed by atoms with E-state index in [0.717, 1.165) is 11.3 Å². The van der Waals surface area contributed by atoms with Gasteiger partial charge in [0.05, 0.1) is 17.1 Å². The van der Waals surface area contributed by atoms with Crippen molar-refractivity contribution >= 4 is 5.91 Å². The maximum atomic E-state index is 12.4. The maximum absolute atomic E-state index is 12.4. The van der Waals surface area contributed by atoms with Crippen LogP contribution in [0.4, 0.5) is 0 Å². The van der Waals surface area contributed by atoms with E-state index in [0.29, 0.717) is 13.0 Å². The molecular formula is C16H23NO3. The zero-order valence-electron chi connectivity index (χ0n) is 12.6. The van der Waals surface area contributed by atoms with E-state index in [2.05, 4.69) is 5.32 Å². The number of ether oxygens (including phenoxy) is 1. The van der Waals surface area contributed by atoms with Gasteiger partial charge in [-0.15, -0.1) is 0 Å². The van der Waals surface area contributed by atoms with Gasteiger partial charge in [-0.2, -0.15) is 0 Å². The molecule has 110 valence electrons. The summed E-state index contributed by atoms with van der Waals surface area (Å²) >= 11 is 0. The number of amides is 1. The van der Waals surface area contributed by atoms with Gasteiger partial charge in [-0.1, -0.05) is 18.2 Å². The highest BCUT2D eigenvalue weighted by molar-refractivity contribution is 5.80. The Morgan fingerprint density at radius 1 is 1.30 bits per heavy atom. The average molecular weight is 277 g/mol. The third-order valence-electron chi connectivity index (χ3n) is 4.21. The van der Waals surface area contributed by atoms with E-state index in [1.165, 1.54) is 0 Å². The predicted molar refractivity (Wildman–Crippen MR) is 77.7 cm³/mol. The molecule has 2 N–H and O–H groups in total. The van der Waals surface area contributed by atoms with Crippen molar-refractivity contribution in [3.63, 3.8) is 0 Å². The normalized spacial score (nSPS) is 18.9. The van der Waals surface area contributed by atoms with Gasteiger partial charge in [0.1, 0.15) is 12.4 Å². The summed E-state index contributed by atoms with van der Waals surface area (Å²) in [5.41, 5.74) is -0.628. The molecule has 0 saturated carbocycles. The smallest absolute Gasteiger partial charge is 0.227 e. The fourth-order valence-corrected chi connectivity index (χ4v) is 2.06. The first-order chi connectivity index (χ1) is 9.21. The summed E-state index contributed by atoms with van der Waals surface area (Å²) in [6, 6.07) is 7.78. The van der Waals surface area contributed by atoms with Gasteiger partial charge in [-0.05, 0) is 45.7 Å². The molecule has 4 heteroatoms. The average Bonchev–Trinajstić information content (AvgIpc) is 2.36. The van der Waals surface area contributed by atoms with Crippen LogP contribution in [-0.4, -0.2) is 28.8 Å². The number of benzene rings is 1. The van der Waals surface area contributed by atoms with E-state index in [-0.39, 0.29) is 11.8 Å². The molecule has 1 unspecified atom stereocenters. The molecule has 1 aliphatic heterocycles. The van der Waals surface area contributed by atoms with Crippen molar-refractivity contribution < 1.29 is 14.6 Å². The number of nitrogens with one attached hydrogen (secondary N) is 1. The minimum Gasteiger partial charge on any atom is -0.492 e. The van der Waals surface area contributed by atoms with E-state index >= 15 is 0 Å². The molecule has 0 fully saturated rings. The van der Waals surface area contributed by atoms with Crippen molar-refractivity contribution in [3.8, 4) is 5.75 Å². The molecule has 0 saturated heterocycles. The molecular weight excluding hydrogens is 254 g/mol. The SMILES string of the molecule is CC(C)(O)C(C)(C)NC(=O)C1COc2ccccc2C1. The third-order valence-corrected chi connectivity index (χ3v) is 4.21. The second-order valence-corrected chi connectivity index (χ2v) is 6.49. The van der Waals surface area contributed by atoms with Gasteiger partial charge in [-0.3, -0.25) is 4.79 Å². The fraction of sp³-hybridized carbons (Fsp3) is 0.562.